The van der Waals surface area contributed by atoms with Crippen LogP contribution in [0.5, 0.6) is 5.88 Å². The van der Waals surface area contributed by atoms with Gasteiger partial charge in [0.2, 0.25) is 5.88 Å². The van der Waals surface area contributed by atoms with Crippen molar-refractivity contribution in [2.75, 3.05) is 7.11 Å². The van der Waals surface area contributed by atoms with Gasteiger partial charge >= 0.3 is 0 Å². The number of hydrogen-bond acceptors (Lipinski definition) is 4. The molecule has 2 atom stereocenters. The van der Waals surface area contributed by atoms with Gasteiger partial charge in [-0.05, 0) is 6.92 Å². The minimum atomic E-state index is -0.733. The van der Waals surface area contributed by atoms with Crippen LogP contribution >= 0.6 is 0 Å². The van der Waals surface area contributed by atoms with E-state index in [0.29, 0.717) is 11.4 Å². The molecule has 0 radical (unpaired) electrons. The van der Waals surface area contributed by atoms with E-state index >= 15 is 0 Å². The molecule has 3 N–H and O–H groups in total. The lowest BCUT2D eigenvalue weighted by Gasteiger charge is -2.14. The van der Waals surface area contributed by atoms with Crippen molar-refractivity contribution >= 4 is 0 Å². The van der Waals surface area contributed by atoms with E-state index < -0.39 is 6.10 Å². The molecule has 0 bridgehead atoms. The Balaban J connectivity index is 3.00. The lowest BCUT2D eigenvalue weighted by Crippen LogP contribution is -2.24. The maximum absolute atomic E-state index is 9.66. The summed E-state index contributed by atoms with van der Waals surface area (Å²) in [5.74, 6) is 0.546. The minimum absolute atomic E-state index is 0.335. The summed E-state index contributed by atoms with van der Waals surface area (Å²) in [5, 5.41) is 13.6. The number of ether oxygens (including phenoxy) is 1. The lowest BCUT2D eigenvalue weighted by atomic mass is 10.1. The molecule has 0 saturated carbocycles. The summed E-state index contributed by atoms with van der Waals surface area (Å²) >= 11 is 0. The molecule has 74 valence electrons. The quantitative estimate of drug-likeness (QED) is 0.684. The van der Waals surface area contributed by atoms with E-state index in [2.05, 4.69) is 5.10 Å². The number of methoxy groups -OCH3 is 1. The molecule has 0 saturated heterocycles. The maximum Gasteiger partial charge on any atom is 0.217 e. The SMILES string of the molecule is COc1c(C(O)C(C)N)cnn1C. The van der Waals surface area contributed by atoms with Gasteiger partial charge in [-0.1, -0.05) is 0 Å². The maximum atomic E-state index is 9.66. The summed E-state index contributed by atoms with van der Waals surface area (Å²) in [4.78, 5) is 0. The van der Waals surface area contributed by atoms with Gasteiger partial charge in [0.05, 0.1) is 18.9 Å². The number of aromatic nitrogens is 2. The Morgan fingerprint density at radius 1 is 1.69 bits per heavy atom. The van der Waals surface area contributed by atoms with Crippen molar-refractivity contribution in [1.82, 2.24) is 9.78 Å². The smallest absolute Gasteiger partial charge is 0.217 e. The molecule has 0 amide bonds. The van der Waals surface area contributed by atoms with E-state index in [1.165, 1.54) is 7.11 Å². The van der Waals surface area contributed by atoms with Crippen LogP contribution in [0.2, 0.25) is 0 Å². The normalized spacial score (nSPS) is 15.5. The number of hydrogen-bond donors (Lipinski definition) is 2. The molecule has 0 aliphatic carbocycles. The third-order valence-corrected chi connectivity index (χ3v) is 1.92. The minimum Gasteiger partial charge on any atom is -0.481 e. The van der Waals surface area contributed by atoms with Crippen LogP contribution in [-0.2, 0) is 7.05 Å². The van der Waals surface area contributed by atoms with Crippen LogP contribution in [0.25, 0.3) is 0 Å². The molecule has 0 aromatic carbocycles. The van der Waals surface area contributed by atoms with Gasteiger partial charge in [0, 0.05) is 13.1 Å². The zero-order valence-electron chi connectivity index (χ0n) is 8.06. The van der Waals surface area contributed by atoms with Crippen LogP contribution in [0.15, 0.2) is 6.20 Å². The Morgan fingerprint density at radius 3 is 2.77 bits per heavy atom. The molecule has 1 rings (SSSR count). The standard InChI is InChI=1S/C8H15N3O2/c1-5(9)7(12)6-4-10-11(2)8(6)13-3/h4-5,7,12H,9H2,1-3H3. The molecule has 1 aromatic rings. The monoisotopic (exact) mass is 185 g/mol. The van der Waals surface area contributed by atoms with Gasteiger partial charge in [0.1, 0.15) is 6.10 Å². The topological polar surface area (TPSA) is 73.3 Å². The zero-order chi connectivity index (χ0) is 10.0. The second kappa shape index (κ2) is 3.76. The molecular formula is C8H15N3O2. The summed E-state index contributed by atoms with van der Waals surface area (Å²) < 4.78 is 6.63. The zero-order valence-corrected chi connectivity index (χ0v) is 8.06. The van der Waals surface area contributed by atoms with Crippen LogP contribution in [0, 0.1) is 0 Å². The highest BCUT2D eigenvalue weighted by Gasteiger charge is 2.20. The van der Waals surface area contributed by atoms with Gasteiger partial charge < -0.3 is 15.6 Å². The molecule has 0 aliphatic heterocycles. The highest BCUT2D eigenvalue weighted by Crippen LogP contribution is 2.25. The van der Waals surface area contributed by atoms with Gasteiger partial charge in [-0.25, -0.2) is 4.68 Å². The van der Waals surface area contributed by atoms with Crippen LogP contribution in [0.1, 0.15) is 18.6 Å². The van der Waals surface area contributed by atoms with Gasteiger partial charge in [0.15, 0.2) is 0 Å². The van der Waals surface area contributed by atoms with Gasteiger partial charge in [0.25, 0.3) is 0 Å². The predicted molar refractivity (Wildman–Crippen MR) is 48.4 cm³/mol. The molecule has 5 heteroatoms. The third-order valence-electron chi connectivity index (χ3n) is 1.92. The van der Waals surface area contributed by atoms with Gasteiger partial charge in [-0.3, -0.25) is 0 Å². The number of aryl methyl sites for hydroxylation is 1. The average molecular weight is 185 g/mol. The first-order valence-corrected chi connectivity index (χ1v) is 4.07. The fraction of sp³-hybridized carbons (Fsp3) is 0.625. The van der Waals surface area contributed by atoms with E-state index in [4.69, 9.17) is 10.5 Å². The Kier molecular flexibility index (Phi) is 2.90. The average Bonchev–Trinajstić information content (AvgIpc) is 2.45. The first-order chi connectivity index (χ1) is 6.07. The summed E-state index contributed by atoms with van der Waals surface area (Å²) in [6.07, 6.45) is 0.830. The van der Waals surface area contributed by atoms with E-state index in [-0.39, 0.29) is 6.04 Å². The summed E-state index contributed by atoms with van der Waals surface area (Å²) in [5.41, 5.74) is 6.18. The molecular weight excluding hydrogens is 170 g/mol. The fourth-order valence-electron chi connectivity index (χ4n) is 1.18. The van der Waals surface area contributed by atoms with E-state index in [0.717, 1.165) is 0 Å². The van der Waals surface area contributed by atoms with E-state index in [1.54, 1.807) is 24.9 Å². The van der Waals surface area contributed by atoms with Gasteiger partial charge in [-0.2, -0.15) is 5.10 Å². The van der Waals surface area contributed by atoms with Crippen LogP contribution in [0.3, 0.4) is 0 Å². The molecule has 2 unspecified atom stereocenters. The second-order valence-corrected chi connectivity index (χ2v) is 3.04. The number of rotatable bonds is 3. The third kappa shape index (κ3) is 1.81. The molecule has 0 spiro atoms. The molecule has 1 heterocycles. The van der Waals surface area contributed by atoms with Crippen molar-refractivity contribution in [3.05, 3.63) is 11.8 Å². The molecule has 13 heavy (non-hydrogen) atoms. The van der Waals surface area contributed by atoms with Gasteiger partial charge in [-0.15, -0.1) is 0 Å². The van der Waals surface area contributed by atoms with E-state index in [1.807, 2.05) is 0 Å². The number of nitrogens with zero attached hydrogens (tertiary/aromatic N) is 2. The van der Waals surface area contributed by atoms with Crippen molar-refractivity contribution in [2.45, 2.75) is 19.1 Å². The van der Waals surface area contributed by atoms with Crippen molar-refractivity contribution in [2.24, 2.45) is 12.8 Å². The highest BCUT2D eigenvalue weighted by atomic mass is 16.5. The second-order valence-electron chi connectivity index (χ2n) is 3.04. The lowest BCUT2D eigenvalue weighted by molar-refractivity contribution is 0.149. The van der Waals surface area contributed by atoms with Crippen molar-refractivity contribution in [1.29, 1.82) is 0 Å². The summed E-state index contributed by atoms with van der Waals surface area (Å²) in [6, 6.07) is -0.335. The first kappa shape index (κ1) is 10.0. The first-order valence-electron chi connectivity index (χ1n) is 4.07. The molecule has 5 nitrogen and oxygen atoms in total. The Morgan fingerprint density at radius 2 is 2.31 bits per heavy atom. The fourth-order valence-corrected chi connectivity index (χ4v) is 1.18. The number of nitrogens with two attached hydrogens (primary N) is 1. The molecule has 0 fully saturated rings. The largest absolute Gasteiger partial charge is 0.481 e. The predicted octanol–water partition coefficient (Wildman–Crippen LogP) is -0.191. The Hall–Kier alpha value is -1.07. The molecule has 0 aliphatic rings. The van der Waals surface area contributed by atoms with Crippen molar-refractivity contribution < 1.29 is 9.84 Å². The van der Waals surface area contributed by atoms with E-state index in [9.17, 15) is 5.11 Å². The Labute approximate surface area is 77.1 Å². The molecule has 1 aromatic heterocycles. The van der Waals surface area contributed by atoms with Crippen LogP contribution < -0.4 is 10.5 Å². The number of aliphatic hydroxyl groups is 1. The number of aliphatic hydroxyl groups excluding tert-OH is 1. The van der Waals surface area contributed by atoms with Crippen LogP contribution in [0.4, 0.5) is 0 Å². The summed E-state index contributed by atoms with van der Waals surface area (Å²) in [6.45, 7) is 1.73. The van der Waals surface area contributed by atoms with Crippen LogP contribution in [-0.4, -0.2) is 28.0 Å². The summed E-state index contributed by atoms with van der Waals surface area (Å²) in [7, 11) is 3.28. The van der Waals surface area contributed by atoms with Crippen molar-refractivity contribution in [3.8, 4) is 5.88 Å². The highest BCUT2D eigenvalue weighted by molar-refractivity contribution is 5.27. The Bertz CT molecular complexity index is 283. The van der Waals surface area contributed by atoms with Crippen molar-refractivity contribution in [3.63, 3.8) is 0 Å².